The van der Waals surface area contributed by atoms with Crippen molar-refractivity contribution in [3.63, 3.8) is 0 Å². The van der Waals surface area contributed by atoms with Crippen LogP contribution in [0.15, 0.2) is 42.5 Å². The van der Waals surface area contributed by atoms with E-state index < -0.39 is 17.9 Å². The molecule has 0 aliphatic carbocycles. The Hall–Kier alpha value is -3.22. The maximum atomic E-state index is 12.7. The Morgan fingerprint density at radius 1 is 1.11 bits per heavy atom. The number of hydrogen-bond acceptors (Lipinski definition) is 6. The van der Waals surface area contributed by atoms with Gasteiger partial charge in [0.25, 0.3) is 5.91 Å². The van der Waals surface area contributed by atoms with E-state index in [-0.39, 0.29) is 12.7 Å². The van der Waals surface area contributed by atoms with Gasteiger partial charge in [0.05, 0.1) is 12.2 Å². The summed E-state index contributed by atoms with van der Waals surface area (Å²) >= 11 is 0. The van der Waals surface area contributed by atoms with Gasteiger partial charge in [-0.25, -0.2) is 4.79 Å². The van der Waals surface area contributed by atoms with E-state index in [2.05, 4.69) is 5.32 Å². The maximum Gasteiger partial charge on any atom is 0.334 e. The molecule has 7 heteroatoms. The van der Waals surface area contributed by atoms with Gasteiger partial charge in [-0.05, 0) is 37.1 Å². The third-order valence-electron chi connectivity index (χ3n) is 4.20. The second kappa shape index (κ2) is 8.65. The SMILES string of the molecule is CCOc1ccccc1C(=O)N[C@H](C(=O)Oc1ccc2c(c1)OCO2)C(C)C. The average Bonchev–Trinajstić information content (AvgIpc) is 3.14. The molecule has 1 aliphatic rings. The molecule has 1 aliphatic heterocycles. The van der Waals surface area contributed by atoms with Crippen molar-refractivity contribution in [1.29, 1.82) is 0 Å². The number of para-hydroxylation sites is 1. The number of fused-ring (bicyclic) bond motifs is 1. The van der Waals surface area contributed by atoms with Crippen LogP contribution in [0.2, 0.25) is 0 Å². The van der Waals surface area contributed by atoms with E-state index >= 15 is 0 Å². The van der Waals surface area contributed by atoms with Crippen molar-refractivity contribution in [1.82, 2.24) is 5.32 Å². The first-order valence-corrected chi connectivity index (χ1v) is 9.13. The normalized spacial score (nSPS) is 13.1. The molecule has 0 radical (unpaired) electrons. The van der Waals surface area contributed by atoms with Crippen LogP contribution in [0.4, 0.5) is 0 Å². The van der Waals surface area contributed by atoms with Gasteiger partial charge in [0, 0.05) is 6.07 Å². The summed E-state index contributed by atoms with van der Waals surface area (Å²) in [6.45, 7) is 6.08. The van der Waals surface area contributed by atoms with Crippen LogP contribution < -0.4 is 24.3 Å². The number of rotatable bonds is 7. The Labute approximate surface area is 163 Å². The van der Waals surface area contributed by atoms with Crippen molar-refractivity contribution in [2.24, 2.45) is 5.92 Å². The van der Waals surface area contributed by atoms with Crippen molar-refractivity contribution >= 4 is 11.9 Å². The highest BCUT2D eigenvalue weighted by molar-refractivity contribution is 5.99. The van der Waals surface area contributed by atoms with Crippen LogP contribution in [0.1, 0.15) is 31.1 Å². The second-order valence-electron chi connectivity index (χ2n) is 6.56. The quantitative estimate of drug-likeness (QED) is 0.582. The van der Waals surface area contributed by atoms with Gasteiger partial charge in [-0.2, -0.15) is 0 Å². The van der Waals surface area contributed by atoms with Crippen molar-refractivity contribution < 1.29 is 28.5 Å². The fourth-order valence-corrected chi connectivity index (χ4v) is 2.77. The molecule has 0 fully saturated rings. The zero-order chi connectivity index (χ0) is 20.1. The lowest BCUT2D eigenvalue weighted by Crippen LogP contribution is -2.46. The molecular formula is C21H23NO6. The summed E-state index contributed by atoms with van der Waals surface area (Å²) in [5.74, 6) is 0.770. The predicted octanol–water partition coefficient (Wildman–Crippen LogP) is 3.17. The molecule has 1 N–H and O–H groups in total. The Balaban J connectivity index is 1.72. The lowest BCUT2D eigenvalue weighted by Gasteiger charge is -2.21. The Kier molecular flexibility index (Phi) is 6.03. The van der Waals surface area contributed by atoms with Crippen LogP contribution in [0.3, 0.4) is 0 Å². The van der Waals surface area contributed by atoms with Crippen LogP contribution in [0, 0.1) is 5.92 Å². The molecule has 1 heterocycles. The maximum absolute atomic E-state index is 12.7. The highest BCUT2D eigenvalue weighted by Crippen LogP contribution is 2.35. The van der Waals surface area contributed by atoms with Crippen molar-refractivity contribution in [2.45, 2.75) is 26.8 Å². The molecule has 0 saturated heterocycles. The summed E-state index contributed by atoms with van der Waals surface area (Å²) in [7, 11) is 0. The second-order valence-corrected chi connectivity index (χ2v) is 6.56. The molecule has 1 atom stereocenters. The lowest BCUT2D eigenvalue weighted by atomic mass is 10.0. The van der Waals surface area contributed by atoms with Gasteiger partial charge in [-0.15, -0.1) is 0 Å². The zero-order valence-corrected chi connectivity index (χ0v) is 16.1. The molecule has 2 aromatic carbocycles. The van der Waals surface area contributed by atoms with E-state index in [0.717, 1.165) is 0 Å². The summed E-state index contributed by atoms with van der Waals surface area (Å²) in [4.78, 5) is 25.4. The first kappa shape index (κ1) is 19.5. The van der Waals surface area contributed by atoms with Crippen LogP contribution >= 0.6 is 0 Å². The molecule has 2 aromatic rings. The highest BCUT2D eigenvalue weighted by Gasteiger charge is 2.28. The number of amides is 1. The van der Waals surface area contributed by atoms with Gasteiger partial charge in [0.1, 0.15) is 17.5 Å². The molecule has 0 aromatic heterocycles. The zero-order valence-electron chi connectivity index (χ0n) is 16.1. The number of carbonyl (C=O) groups is 2. The van der Waals surface area contributed by atoms with E-state index in [1.807, 2.05) is 20.8 Å². The average molecular weight is 385 g/mol. The van der Waals surface area contributed by atoms with Crippen LogP contribution in [0.5, 0.6) is 23.0 Å². The summed E-state index contributed by atoms with van der Waals surface area (Å²) in [6.07, 6.45) is 0. The van der Waals surface area contributed by atoms with E-state index in [1.165, 1.54) is 0 Å². The third-order valence-corrected chi connectivity index (χ3v) is 4.20. The van der Waals surface area contributed by atoms with Gasteiger partial charge in [-0.1, -0.05) is 26.0 Å². The van der Waals surface area contributed by atoms with Gasteiger partial charge < -0.3 is 24.3 Å². The molecule has 0 saturated carbocycles. The van der Waals surface area contributed by atoms with Crippen molar-refractivity contribution in [2.75, 3.05) is 13.4 Å². The smallest absolute Gasteiger partial charge is 0.334 e. The molecule has 0 spiro atoms. The lowest BCUT2D eigenvalue weighted by molar-refractivity contribution is -0.137. The number of benzene rings is 2. The first-order valence-electron chi connectivity index (χ1n) is 9.13. The largest absolute Gasteiger partial charge is 0.493 e. The molecule has 7 nitrogen and oxygen atoms in total. The van der Waals surface area contributed by atoms with E-state index in [0.29, 0.717) is 35.2 Å². The van der Waals surface area contributed by atoms with Crippen molar-refractivity contribution in [3.8, 4) is 23.0 Å². The third kappa shape index (κ3) is 4.36. The molecular weight excluding hydrogens is 362 g/mol. The van der Waals surface area contributed by atoms with Gasteiger partial charge >= 0.3 is 5.97 Å². The fourth-order valence-electron chi connectivity index (χ4n) is 2.77. The van der Waals surface area contributed by atoms with Crippen LogP contribution in [0.25, 0.3) is 0 Å². The molecule has 0 unspecified atom stereocenters. The van der Waals surface area contributed by atoms with Crippen molar-refractivity contribution in [3.05, 3.63) is 48.0 Å². The molecule has 0 bridgehead atoms. The van der Waals surface area contributed by atoms with E-state index in [1.54, 1.807) is 42.5 Å². The minimum absolute atomic E-state index is 0.136. The minimum Gasteiger partial charge on any atom is -0.493 e. The topological polar surface area (TPSA) is 83.1 Å². The number of esters is 1. The van der Waals surface area contributed by atoms with E-state index in [4.69, 9.17) is 18.9 Å². The summed E-state index contributed by atoms with van der Waals surface area (Å²) in [6, 6.07) is 11.0. The summed E-state index contributed by atoms with van der Waals surface area (Å²) in [5.41, 5.74) is 0.367. The van der Waals surface area contributed by atoms with Gasteiger partial charge in [0.15, 0.2) is 11.5 Å². The van der Waals surface area contributed by atoms with Gasteiger partial charge in [-0.3, -0.25) is 4.79 Å². The number of ether oxygens (including phenoxy) is 4. The molecule has 3 rings (SSSR count). The predicted molar refractivity (Wildman–Crippen MR) is 102 cm³/mol. The number of hydrogen-bond donors (Lipinski definition) is 1. The Morgan fingerprint density at radius 2 is 1.86 bits per heavy atom. The highest BCUT2D eigenvalue weighted by atomic mass is 16.7. The molecule has 28 heavy (non-hydrogen) atoms. The van der Waals surface area contributed by atoms with Crippen LogP contribution in [-0.2, 0) is 4.79 Å². The standard InChI is InChI=1S/C21H23NO6/c1-4-25-16-8-6-5-7-15(16)20(23)22-19(13(2)3)21(24)28-14-9-10-17-18(11-14)27-12-26-17/h5-11,13,19H,4,12H2,1-3H3,(H,22,23)/t19-/m0/s1. The Morgan fingerprint density at radius 3 is 2.61 bits per heavy atom. The summed E-state index contributed by atoms with van der Waals surface area (Å²) < 4.78 is 21.5. The molecule has 148 valence electrons. The monoisotopic (exact) mass is 385 g/mol. The number of carbonyl (C=O) groups excluding carboxylic acids is 2. The first-order chi connectivity index (χ1) is 13.5. The minimum atomic E-state index is -0.826. The summed E-state index contributed by atoms with van der Waals surface area (Å²) in [5, 5.41) is 2.75. The Bertz CT molecular complexity index is 864. The van der Waals surface area contributed by atoms with E-state index in [9.17, 15) is 9.59 Å². The fraction of sp³-hybridized carbons (Fsp3) is 0.333. The van der Waals surface area contributed by atoms with Gasteiger partial charge in [0.2, 0.25) is 6.79 Å². The van der Waals surface area contributed by atoms with Crippen LogP contribution in [-0.4, -0.2) is 31.3 Å². The molecule has 1 amide bonds. The number of nitrogens with one attached hydrogen (secondary N) is 1.